The van der Waals surface area contributed by atoms with Crippen LogP contribution >= 0.6 is 11.6 Å². The number of unbranched alkanes of at least 4 members (excludes halogenated alkanes) is 1. The van der Waals surface area contributed by atoms with Crippen molar-refractivity contribution in [2.24, 2.45) is 0 Å². The summed E-state index contributed by atoms with van der Waals surface area (Å²) in [7, 11) is 0. The number of hydrogen-bond acceptors (Lipinski definition) is 1. The van der Waals surface area contributed by atoms with Crippen LogP contribution in [-0.2, 0) is 0 Å². The van der Waals surface area contributed by atoms with E-state index in [-0.39, 0.29) is 5.76 Å². The molecule has 2 heteroatoms. The van der Waals surface area contributed by atoms with E-state index in [9.17, 15) is 0 Å². The zero-order valence-corrected chi connectivity index (χ0v) is 5.62. The maximum atomic E-state index is 8.54. The lowest BCUT2D eigenvalue weighted by Gasteiger charge is -1.93. The summed E-state index contributed by atoms with van der Waals surface area (Å²) in [5.74, 6) is 0.933. The summed E-state index contributed by atoms with van der Waals surface area (Å²) in [6.45, 7) is 3.34. The van der Waals surface area contributed by atoms with Gasteiger partial charge in [0.2, 0.25) is 0 Å². The highest BCUT2D eigenvalue weighted by Gasteiger charge is 1.87. The number of alkyl halides is 1. The first kappa shape index (κ1) is 7.83. The first-order chi connectivity index (χ1) is 3.77. The van der Waals surface area contributed by atoms with Crippen LogP contribution in [0.5, 0.6) is 0 Å². The standard InChI is InChI=1S/C6H11ClO/c1-6(8)4-2-3-5-7/h8H,1-5H2. The number of aliphatic hydroxyl groups is 1. The second-order valence-electron chi connectivity index (χ2n) is 1.71. The van der Waals surface area contributed by atoms with E-state index < -0.39 is 0 Å². The van der Waals surface area contributed by atoms with E-state index in [4.69, 9.17) is 16.7 Å². The van der Waals surface area contributed by atoms with E-state index in [1.54, 1.807) is 0 Å². The van der Waals surface area contributed by atoms with Gasteiger partial charge in [-0.2, -0.15) is 0 Å². The molecule has 0 aliphatic rings. The molecule has 0 atom stereocenters. The van der Waals surface area contributed by atoms with Gasteiger partial charge in [0, 0.05) is 12.3 Å². The summed E-state index contributed by atoms with van der Waals surface area (Å²) < 4.78 is 0. The van der Waals surface area contributed by atoms with Crippen LogP contribution in [0.25, 0.3) is 0 Å². The largest absolute Gasteiger partial charge is 0.513 e. The monoisotopic (exact) mass is 134 g/mol. The maximum Gasteiger partial charge on any atom is 0.0851 e. The number of rotatable bonds is 4. The Morgan fingerprint density at radius 2 is 2.12 bits per heavy atom. The van der Waals surface area contributed by atoms with Crippen LogP contribution < -0.4 is 0 Å². The fraction of sp³-hybridized carbons (Fsp3) is 0.667. The van der Waals surface area contributed by atoms with Crippen molar-refractivity contribution in [1.29, 1.82) is 0 Å². The first-order valence-corrected chi connectivity index (χ1v) is 3.23. The zero-order valence-electron chi connectivity index (χ0n) is 4.86. The van der Waals surface area contributed by atoms with Crippen molar-refractivity contribution >= 4 is 11.6 Å². The Morgan fingerprint density at radius 3 is 2.50 bits per heavy atom. The molecule has 0 fully saturated rings. The van der Waals surface area contributed by atoms with Gasteiger partial charge in [0.25, 0.3) is 0 Å². The summed E-state index contributed by atoms with van der Waals surface area (Å²) in [5.41, 5.74) is 0. The highest BCUT2D eigenvalue weighted by Crippen LogP contribution is 2.01. The zero-order chi connectivity index (χ0) is 6.41. The van der Waals surface area contributed by atoms with Gasteiger partial charge in [0.05, 0.1) is 5.76 Å². The molecule has 0 aliphatic heterocycles. The number of hydrogen-bond donors (Lipinski definition) is 1. The average molecular weight is 135 g/mol. The molecule has 1 nitrogen and oxygen atoms in total. The molecule has 0 bridgehead atoms. The van der Waals surface area contributed by atoms with Gasteiger partial charge in [-0.1, -0.05) is 6.58 Å². The Labute approximate surface area is 55.0 Å². The number of aliphatic hydroxyl groups excluding tert-OH is 1. The lowest BCUT2D eigenvalue weighted by molar-refractivity contribution is 0.386. The van der Waals surface area contributed by atoms with E-state index in [2.05, 4.69) is 6.58 Å². The molecule has 0 saturated heterocycles. The van der Waals surface area contributed by atoms with Gasteiger partial charge < -0.3 is 5.11 Å². The van der Waals surface area contributed by atoms with Crippen molar-refractivity contribution in [1.82, 2.24) is 0 Å². The fourth-order valence-corrected chi connectivity index (χ4v) is 0.613. The molecule has 0 unspecified atom stereocenters. The van der Waals surface area contributed by atoms with Crippen LogP contribution in [0.2, 0.25) is 0 Å². The molecule has 0 heterocycles. The highest BCUT2D eigenvalue weighted by molar-refractivity contribution is 6.17. The molecule has 0 saturated carbocycles. The second-order valence-corrected chi connectivity index (χ2v) is 2.09. The first-order valence-electron chi connectivity index (χ1n) is 2.70. The summed E-state index contributed by atoms with van der Waals surface area (Å²) in [4.78, 5) is 0. The molecule has 8 heavy (non-hydrogen) atoms. The summed E-state index contributed by atoms with van der Waals surface area (Å²) >= 11 is 5.37. The van der Waals surface area contributed by atoms with Gasteiger partial charge in [-0.25, -0.2) is 0 Å². The van der Waals surface area contributed by atoms with Crippen LogP contribution in [0.4, 0.5) is 0 Å². The van der Waals surface area contributed by atoms with Gasteiger partial charge in [0.15, 0.2) is 0 Å². The van der Waals surface area contributed by atoms with Crippen molar-refractivity contribution in [3.63, 3.8) is 0 Å². The van der Waals surface area contributed by atoms with Crippen molar-refractivity contribution in [2.45, 2.75) is 19.3 Å². The van der Waals surface area contributed by atoms with Crippen molar-refractivity contribution in [3.8, 4) is 0 Å². The summed E-state index contributed by atoms with van der Waals surface area (Å²) in [6, 6.07) is 0. The minimum absolute atomic E-state index is 0.259. The Morgan fingerprint density at radius 1 is 1.50 bits per heavy atom. The predicted molar refractivity (Wildman–Crippen MR) is 36.3 cm³/mol. The van der Waals surface area contributed by atoms with E-state index in [1.165, 1.54) is 0 Å². The maximum absolute atomic E-state index is 8.54. The second kappa shape index (κ2) is 4.98. The lowest BCUT2D eigenvalue weighted by Crippen LogP contribution is -1.79. The van der Waals surface area contributed by atoms with E-state index in [1.807, 2.05) is 0 Å². The minimum Gasteiger partial charge on any atom is -0.513 e. The molecular formula is C6H11ClO. The highest BCUT2D eigenvalue weighted by atomic mass is 35.5. The molecule has 0 amide bonds. The molecule has 0 radical (unpaired) electrons. The smallest absolute Gasteiger partial charge is 0.0851 e. The van der Waals surface area contributed by atoms with Gasteiger partial charge in [-0.3, -0.25) is 0 Å². The lowest BCUT2D eigenvalue weighted by atomic mass is 10.2. The van der Waals surface area contributed by atoms with Crippen molar-refractivity contribution in [3.05, 3.63) is 12.3 Å². The van der Waals surface area contributed by atoms with Crippen LogP contribution in [0.1, 0.15) is 19.3 Å². The van der Waals surface area contributed by atoms with E-state index >= 15 is 0 Å². The van der Waals surface area contributed by atoms with Gasteiger partial charge >= 0.3 is 0 Å². The quantitative estimate of drug-likeness (QED) is 0.356. The van der Waals surface area contributed by atoms with Crippen LogP contribution in [0.15, 0.2) is 12.3 Å². The molecule has 0 rings (SSSR count). The molecule has 1 N–H and O–H groups in total. The van der Waals surface area contributed by atoms with Crippen LogP contribution in [-0.4, -0.2) is 11.0 Å². The topological polar surface area (TPSA) is 20.2 Å². The van der Waals surface area contributed by atoms with Crippen molar-refractivity contribution < 1.29 is 5.11 Å². The van der Waals surface area contributed by atoms with Gasteiger partial charge in [0.1, 0.15) is 0 Å². The van der Waals surface area contributed by atoms with E-state index in [0.29, 0.717) is 12.3 Å². The molecule has 0 aromatic carbocycles. The third-order valence-corrected chi connectivity index (χ3v) is 1.12. The number of allylic oxidation sites excluding steroid dienone is 1. The Bertz CT molecular complexity index is 70.9. The Kier molecular flexibility index (Phi) is 4.87. The third kappa shape index (κ3) is 5.83. The molecule has 0 aromatic rings. The van der Waals surface area contributed by atoms with Crippen molar-refractivity contribution in [2.75, 3.05) is 5.88 Å². The Hall–Kier alpha value is -0.170. The molecular weight excluding hydrogens is 124 g/mol. The normalized spacial score (nSPS) is 9.12. The third-order valence-electron chi connectivity index (χ3n) is 0.849. The molecule has 0 aromatic heterocycles. The van der Waals surface area contributed by atoms with Gasteiger partial charge in [-0.05, 0) is 12.8 Å². The number of halogens is 1. The minimum atomic E-state index is 0.259. The van der Waals surface area contributed by atoms with Gasteiger partial charge in [-0.15, -0.1) is 11.6 Å². The predicted octanol–water partition coefficient (Wildman–Crippen LogP) is 2.47. The van der Waals surface area contributed by atoms with Crippen LogP contribution in [0.3, 0.4) is 0 Å². The summed E-state index contributed by atoms with van der Waals surface area (Å²) in [6.07, 6.45) is 2.59. The Balaban J connectivity index is 2.82. The van der Waals surface area contributed by atoms with E-state index in [0.717, 1.165) is 12.8 Å². The molecule has 0 aliphatic carbocycles. The average Bonchev–Trinajstić information content (AvgIpc) is 1.66. The van der Waals surface area contributed by atoms with Crippen LogP contribution in [0, 0.1) is 0 Å². The molecule has 0 spiro atoms. The SMILES string of the molecule is C=C(O)CCCCCl. The summed E-state index contributed by atoms with van der Waals surface area (Å²) in [5, 5.41) is 8.54. The molecule has 48 valence electrons. The fourth-order valence-electron chi connectivity index (χ4n) is 0.424.